The minimum atomic E-state index is -0.520. The summed E-state index contributed by atoms with van der Waals surface area (Å²) in [6.45, 7) is 2.08. The van der Waals surface area contributed by atoms with E-state index < -0.39 is 11.6 Å². The molecule has 2 rings (SSSR count). The van der Waals surface area contributed by atoms with Gasteiger partial charge in [0.15, 0.2) is 0 Å². The standard InChI is InChI=1S/C17H19F2N/c1-12(8-13-9-15(18)11-16(19)10-13)17(20-2)14-6-4-3-5-7-14/h3-7,9-12,17,20H,8H2,1-2H3. The summed E-state index contributed by atoms with van der Waals surface area (Å²) in [5.74, 6) is -0.815. The van der Waals surface area contributed by atoms with E-state index in [1.54, 1.807) is 0 Å². The first kappa shape index (κ1) is 14.7. The van der Waals surface area contributed by atoms with Crippen molar-refractivity contribution in [1.29, 1.82) is 0 Å². The molecule has 2 aromatic rings. The van der Waals surface area contributed by atoms with Crippen molar-refractivity contribution in [1.82, 2.24) is 5.32 Å². The number of rotatable bonds is 5. The number of benzene rings is 2. The smallest absolute Gasteiger partial charge is 0.126 e. The number of hydrogen-bond acceptors (Lipinski definition) is 1. The molecule has 106 valence electrons. The van der Waals surface area contributed by atoms with E-state index in [4.69, 9.17) is 0 Å². The average molecular weight is 275 g/mol. The van der Waals surface area contributed by atoms with Gasteiger partial charge in [-0.15, -0.1) is 0 Å². The fourth-order valence-corrected chi connectivity index (χ4v) is 2.66. The summed E-state index contributed by atoms with van der Waals surface area (Å²) in [4.78, 5) is 0. The molecule has 1 N–H and O–H groups in total. The van der Waals surface area contributed by atoms with Crippen LogP contribution in [0.4, 0.5) is 8.78 Å². The highest BCUT2D eigenvalue weighted by Gasteiger charge is 2.18. The van der Waals surface area contributed by atoms with Crippen LogP contribution in [-0.4, -0.2) is 7.05 Å². The molecular formula is C17H19F2N. The Hall–Kier alpha value is -1.74. The van der Waals surface area contributed by atoms with Crippen LogP contribution in [0.3, 0.4) is 0 Å². The summed E-state index contributed by atoms with van der Waals surface area (Å²) < 4.78 is 26.5. The average Bonchev–Trinajstić information content (AvgIpc) is 2.39. The fraction of sp³-hybridized carbons (Fsp3) is 0.294. The Labute approximate surface area is 118 Å². The molecule has 0 aliphatic carbocycles. The van der Waals surface area contributed by atoms with E-state index in [1.165, 1.54) is 17.7 Å². The van der Waals surface area contributed by atoms with Gasteiger partial charge in [0.2, 0.25) is 0 Å². The second kappa shape index (κ2) is 6.62. The molecule has 0 fully saturated rings. The van der Waals surface area contributed by atoms with Crippen LogP contribution < -0.4 is 5.32 Å². The zero-order chi connectivity index (χ0) is 14.5. The maximum atomic E-state index is 13.2. The Kier molecular flexibility index (Phi) is 4.85. The largest absolute Gasteiger partial charge is 0.313 e. The van der Waals surface area contributed by atoms with Gasteiger partial charge in [0.1, 0.15) is 11.6 Å². The highest BCUT2D eigenvalue weighted by atomic mass is 19.1. The monoisotopic (exact) mass is 275 g/mol. The van der Waals surface area contributed by atoms with Crippen molar-refractivity contribution < 1.29 is 8.78 Å². The van der Waals surface area contributed by atoms with Crippen LogP contribution in [0, 0.1) is 17.6 Å². The van der Waals surface area contributed by atoms with Gasteiger partial charge in [-0.05, 0) is 42.6 Å². The Balaban J connectivity index is 2.15. The third-order valence-electron chi connectivity index (χ3n) is 3.52. The van der Waals surface area contributed by atoms with Crippen molar-refractivity contribution >= 4 is 0 Å². The van der Waals surface area contributed by atoms with E-state index in [-0.39, 0.29) is 12.0 Å². The molecule has 2 aromatic carbocycles. The molecule has 20 heavy (non-hydrogen) atoms. The fourth-order valence-electron chi connectivity index (χ4n) is 2.66. The molecular weight excluding hydrogens is 256 g/mol. The molecule has 3 heteroatoms. The molecule has 0 heterocycles. The summed E-state index contributed by atoms with van der Waals surface area (Å²) in [5, 5.41) is 3.28. The molecule has 0 saturated heterocycles. The van der Waals surface area contributed by atoms with Crippen molar-refractivity contribution in [2.45, 2.75) is 19.4 Å². The van der Waals surface area contributed by atoms with Crippen LogP contribution in [0.1, 0.15) is 24.1 Å². The van der Waals surface area contributed by atoms with Gasteiger partial charge >= 0.3 is 0 Å². The van der Waals surface area contributed by atoms with Crippen LogP contribution in [0.15, 0.2) is 48.5 Å². The molecule has 0 saturated carbocycles. The highest BCUT2D eigenvalue weighted by molar-refractivity contribution is 5.22. The first-order valence-corrected chi connectivity index (χ1v) is 6.77. The number of hydrogen-bond donors (Lipinski definition) is 1. The zero-order valence-corrected chi connectivity index (χ0v) is 11.7. The molecule has 0 aromatic heterocycles. The summed E-state index contributed by atoms with van der Waals surface area (Å²) in [6.07, 6.45) is 0.620. The molecule has 0 aliphatic heterocycles. The van der Waals surface area contributed by atoms with E-state index in [2.05, 4.69) is 24.4 Å². The minimum Gasteiger partial charge on any atom is -0.313 e. The SMILES string of the molecule is CNC(c1ccccc1)C(C)Cc1cc(F)cc(F)c1. The topological polar surface area (TPSA) is 12.0 Å². The number of nitrogens with one attached hydrogen (secondary N) is 1. The molecule has 0 spiro atoms. The molecule has 0 amide bonds. The lowest BCUT2D eigenvalue weighted by molar-refractivity contribution is 0.407. The van der Waals surface area contributed by atoms with Gasteiger partial charge in [-0.2, -0.15) is 0 Å². The van der Waals surface area contributed by atoms with Crippen LogP contribution in [0.2, 0.25) is 0 Å². The predicted octanol–water partition coefficient (Wildman–Crippen LogP) is 4.10. The molecule has 2 unspecified atom stereocenters. The van der Waals surface area contributed by atoms with Gasteiger partial charge in [0, 0.05) is 12.1 Å². The summed E-state index contributed by atoms with van der Waals surface area (Å²) >= 11 is 0. The van der Waals surface area contributed by atoms with E-state index in [0.29, 0.717) is 12.0 Å². The second-order valence-electron chi connectivity index (χ2n) is 5.14. The predicted molar refractivity (Wildman–Crippen MR) is 77.5 cm³/mol. The van der Waals surface area contributed by atoms with Crippen molar-refractivity contribution in [2.75, 3.05) is 7.05 Å². The number of halogens is 2. The molecule has 2 atom stereocenters. The minimum absolute atomic E-state index is 0.155. The van der Waals surface area contributed by atoms with Crippen molar-refractivity contribution in [3.05, 3.63) is 71.3 Å². The quantitative estimate of drug-likeness (QED) is 0.866. The lowest BCUT2D eigenvalue weighted by atomic mass is 9.89. The van der Waals surface area contributed by atoms with Crippen LogP contribution in [-0.2, 0) is 6.42 Å². The first-order chi connectivity index (χ1) is 9.60. The maximum Gasteiger partial charge on any atom is 0.126 e. The van der Waals surface area contributed by atoms with E-state index in [9.17, 15) is 8.78 Å². The van der Waals surface area contributed by atoms with Crippen LogP contribution >= 0.6 is 0 Å². The molecule has 0 radical (unpaired) electrons. The highest BCUT2D eigenvalue weighted by Crippen LogP contribution is 2.25. The molecule has 1 nitrogen and oxygen atoms in total. The second-order valence-corrected chi connectivity index (χ2v) is 5.14. The van der Waals surface area contributed by atoms with Gasteiger partial charge in [0.05, 0.1) is 0 Å². The normalized spacial score (nSPS) is 14.0. The summed E-state index contributed by atoms with van der Waals surface area (Å²) in [6, 6.07) is 13.9. The van der Waals surface area contributed by atoms with Gasteiger partial charge in [0.25, 0.3) is 0 Å². The lowest BCUT2D eigenvalue weighted by Gasteiger charge is -2.24. The summed E-state index contributed by atoms with van der Waals surface area (Å²) in [7, 11) is 1.90. The lowest BCUT2D eigenvalue weighted by Crippen LogP contribution is -2.24. The third kappa shape index (κ3) is 3.64. The zero-order valence-electron chi connectivity index (χ0n) is 11.7. The molecule has 0 aliphatic rings. The van der Waals surface area contributed by atoms with Crippen molar-refractivity contribution in [3.8, 4) is 0 Å². The van der Waals surface area contributed by atoms with E-state index in [1.807, 2.05) is 25.2 Å². The Morgan fingerprint density at radius 1 is 1.00 bits per heavy atom. The van der Waals surface area contributed by atoms with Crippen molar-refractivity contribution in [2.24, 2.45) is 5.92 Å². The van der Waals surface area contributed by atoms with Gasteiger partial charge < -0.3 is 5.32 Å². The Bertz CT molecular complexity index is 534. The summed E-state index contributed by atoms with van der Waals surface area (Å²) in [5.41, 5.74) is 1.87. The van der Waals surface area contributed by atoms with E-state index >= 15 is 0 Å². The van der Waals surface area contributed by atoms with Gasteiger partial charge in [-0.1, -0.05) is 37.3 Å². The van der Waals surface area contributed by atoms with Crippen LogP contribution in [0.5, 0.6) is 0 Å². The van der Waals surface area contributed by atoms with E-state index in [0.717, 1.165) is 6.07 Å². The van der Waals surface area contributed by atoms with Gasteiger partial charge in [-0.3, -0.25) is 0 Å². The van der Waals surface area contributed by atoms with Gasteiger partial charge in [-0.25, -0.2) is 8.78 Å². The Morgan fingerprint density at radius 3 is 2.15 bits per heavy atom. The maximum absolute atomic E-state index is 13.2. The van der Waals surface area contributed by atoms with Crippen molar-refractivity contribution in [3.63, 3.8) is 0 Å². The molecule has 0 bridgehead atoms. The van der Waals surface area contributed by atoms with Crippen LogP contribution in [0.25, 0.3) is 0 Å². The third-order valence-corrected chi connectivity index (χ3v) is 3.52. The first-order valence-electron chi connectivity index (χ1n) is 6.77. The Morgan fingerprint density at radius 2 is 1.60 bits per heavy atom.